The number of rotatable bonds is 4. The molecule has 0 bridgehead atoms. The summed E-state index contributed by atoms with van der Waals surface area (Å²) >= 11 is 0. The molecule has 1 aliphatic carbocycles. The van der Waals surface area contributed by atoms with Crippen LogP contribution in [0.2, 0.25) is 0 Å². The van der Waals surface area contributed by atoms with Crippen LogP contribution in [0.5, 0.6) is 0 Å². The molecule has 1 aromatic heterocycles. The molecule has 0 unspecified atom stereocenters. The highest BCUT2D eigenvalue weighted by Crippen LogP contribution is 2.48. The number of carbonyl (C=O) groups is 1. The van der Waals surface area contributed by atoms with E-state index in [2.05, 4.69) is 36.3 Å². The number of benzene rings is 1. The molecule has 2 atom stereocenters. The van der Waals surface area contributed by atoms with E-state index in [1.807, 2.05) is 6.92 Å². The molecule has 1 N–H and O–H groups in total. The van der Waals surface area contributed by atoms with Crippen molar-refractivity contribution in [1.82, 2.24) is 20.4 Å². The van der Waals surface area contributed by atoms with Gasteiger partial charge in [-0.15, -0.1) is 5.10 Å². The van der Waals surface area contributed by atoms with Crippen LogP contribution in [0, 0.1) is 17.6 Å². The van der Waals surface area contributed by atoms with E-state index >= 15 is 0 Å². The summed E-state index contributed by atoms with van der Waals surface area (Å²) in [6, 6.07) is 5.31. The Hall–Kier alpha value is -2.57. The number of nitrogens with one attached hydrogen (secondary N) is 1. The lowest BCUT2D eigenvalue weighted by Gasteiger charge is -2.48. The second-order valence-electron chi connectivity index (χ2n) is 8.04. The smallest absolute Gasteiger partial charge is 0.317 e. The van der Waals surface area contributed by atoms with Crippen LogP contribution in [0.4, 0.5) is 13.6 Å². The molecule has 0 radical (unpaired) electrons. The average Bonchev–Trinajstić information content (AvgIpc) is 2.68. The van der Waals surface area contributed by atoms with Crippen molar-refractivity contribution in [2.45, 2.75) is 52.0 Å². The molecule has 29 heavy (non-hydrogen) atoms. The van der Waals surface area contributed by atoms with Crippen LogP contribution in [0.15, 0.2) is 24.3 Å². The molecular formula is C22H28F2N4O. The number of amides is 2. The van der Waals surface area contributed by atoms with Gasteiger partial charge in [0.2, 0.25) is 0 Å². The Morgan fingerprint density at radius 1 is 1.31 bits per heavy atom. The van der Waals surface area contributed by atoms with Gasteiger partial charge < -0.3 is 10.2 Å². The van der Waals surface area contributed by atoms with Gasteiger partial charge in [0.25, 0.3) is 0 Å². The fourth-order valence-electron chi connectivity index (χ4n) is 4.42. The number of carbonyl (C=O) groups excluding carboxylic acids is 1. The van der Waals surface area contributed by atoms with Crippen LogP contribution in [0.1, 0.15) is 57.7 Å². The van der Waals surface area contributed by atoms with Crippen LogP contribution >= 0.6 is 0 Å². The molecule has 5 nitrogen and oxygen atoms in total. The Kier molecular flexibility index (Phi) is 5.87. The fourth-order valence-corrected chi connectivity index (χ4v) is 4.42. The molecule has 0 spiro atoms. The van der Waals surface area contributed by atoms with Crippen molar-refractivity contribution in [3.63, 3.8) is 0 Å². The van der Waals surface area contributed by atoms with Crippen molar-refractivity contribution < 1.29 is 13.6 Å². The second kappa shape index (κ2) is 8.05. The third kappa shape index (κ3) is 3.47. The predicted molar refractivity (Wildman–Crippen MR) is 108 cm³/mol. The summed E-state index contributed by atoms with van der Waals surface area (Å²) in [6.07, 6.45) is 1.58. The maximum Gasteiger partial charge on any atom is 0.317 e. The third-order valence-electron chi connectivity index (χ3n) is 6.13. The highest BCUT2D eigenvalue weighted by Gasteiger charge is 2.48. The van der Waals surface area contributed by atoms with Crippen molar-refractivity contribution in [3.8, 4) is 11.3 Å². The highest BCUT2D eigenvalue weighted by atomic mass is 19.1. The van der Waals surface area contributed by atoms with E-state index in [9.17, 15) is 13.6 Å². The maximum absolute atomic E-state index is 14.3. The van der Waals surface area contributed by atoms with Crippen LogP contribution in [-0.4, -0.2) is 34.7 Å². The summed E-state index contributed by atoms with van der Waals surface area (Å²) in [7, 11) is 1.77. The summed E-state index contributed by atoms with van der Waals surface area (Å²) in [5.74, 6) is -1.12. The van der Waals surface area contributed by atoms with Gasteiger partial charge in [0.15, 0.2) is 0 Å². The lowest BCUT2D eigenvalue weighted by atomic mass is 9.69. The van der Waals surface area contributed by atoms with Gasteiger partial charge in [-0.1, -0.05) is 26.8 Å². The zero-order chi connectivity index (χ0) is 21.3. The largest absolute Gasteiger partial charge is 0.338 e. The first-order valence-electron chi connectivity index (χ1n) is 10.1. The number of hydrogen-bond acceptors (Lipinski definition) is 3. The molecule has 0 saturated carbocycles. The number of nitrogens with zero attached hydrogens (tertiary/aromatic N) is 3. The van der Waals surface area contributed by atoms with Crippen LogP contribution in [0.3, 0.4) is 0 Å². The first-order chi connectivity index (χ1) is 13.7. The third-order valence-corrected chi connectivity index (χ3v) is 6.13. The zero-order valence-corrected chi connectivity index (χ0v) is 17.6. The van der Waals surface area contributed by atoms with Gasteiger partial charge in [-0.2, -0.15) is 5.10 Å². The van der Waals surface area contributed by atoms with Crippen LogP contribution < -0.4 is 5.32 Å². The Morgan fingerprint density at radius 3 is 2.55 bits per heavy atom. The van der Waals surface area contributed by atoms with E-state index < -0.39 is 17.2 Å². The Balaban J connectivity index is 2.18. The van der Waals surface area contributed by atoms with Crippen molar-refractivity contribution in [1.29, 1.82) is 0 Å². The van der Waals surface area contributed by atoms with E-state index in [0.29, 0.717) is 12.2 Å². The minimum Gasteiger partial charge on any atom is -0.338 e. The van der Waals surface area contributed by atoms with Gasteiger partial charge in [-0.3, -0.25) is 0 Å². The number of urea groups is 1. The Labute approximate surface area is 170 Å². The number of halogens is 2. The van der Waals surface area contributed by atoms with Crippen LogP contribution in [-0.2, 0) is 5.54 Å². The SMILES string of the molecule is CCNC(=O)N(C)[C@@]1(C(C)C)CC[C@H](C)c2cc(-c3c(F)cccc3F)nnc21. The summed E-state index contributed by atoms with van der Waals surface area (Å²) < 4.78 is 28.6. The van der Waals surface area contributed by atoms with Gasteiger partial charge in [0, 0.05) is 13.6 Å². The summed E-state index contributed by atoms with van der Waals surface area (Å²) in [6.45, 7) is 8.58. The average molecular weight is 402 g/mol. The molecule has 1 aliphatic rings. The van der Waals surface area contributed by atoms with Gasteiger partial charge in [-0.25, -0.2) is 13.6 Å². The standard InChI is InChI=1S/C22H28F2N4O/c1-6-25-21(29)28(5)22(13(2)3)11-10-14(4)15-12-18(26-27-20(15)22)19-16(23)8-7-9-17(19)24/h7-9,12-14H,6,10-11H2,1-5H3,(H,25,29)/t14-,22+/m0/s1. The fraction of sp³-hybridized carbons (Fsp3) is 0.500. The maximum atomic E-state index is 14.3. The summed E-state index contributed by atoms with van der Waals surface area (Å²) in [4.78, 5) is 14.4. The zero-order valence-electron chi connectivity index (χ0n) is 17.6. The first kappa shape index (κ1) is 21.1. The van der Waals surface area contributed by atoms with Gasteiger partial charge in [0.05, 0.1) is 22.5 Å². The Bertz CT molecular complexity index is 897. The van der Waals surface area contributed by atoms with E-state index in [1.54, 1.807) is 18.0 Å². The monoisotopic (exact) mass is 402 g/mol. The highest BCUT2D eigenvalue weighted by molar-refractivity contribution is 5.75. The molecule has 2 amide bonds. The molecule has 0 fully saturated rings. The van der Waals surface area contributed by atoms with E-state index in [0.717, 1.165) is 18.4 Å². The molecule has 156 valence electrons. The molecule has 3 rings (SSSR count). The number of aromatic nitrogens is 2. The van der Waals surface area contributed by atoms with Crippen molar-refractivity contribution in [2.75, 3.05) is 13.6 Å². The molecule has 1 heterocycles. The van der Waals surface area contributed by atoms with Gasteiger partial charge in [-0.05, 0) is 55.4 Å². The summed E-state index contributed by atoms with van der Waals surface area (Å²) in [5, 5.41) is 11.5. The van der Waals surface area contributed by atoms with E-state index in [4.69, 9.17) is 0 Å². The predicted octanol–water partition coefficient (Wildman–Crippen LogP) is 4.83. The topological polar surface area (TPSA) is 58.1 Å². The second-order valence-corrected chi connectivity index (χ2v) is 8.04. The van der Waals surface area contributed by atoms with E-state index in [-0.39, 0.29) is 29.1 Å². The normalized spacial score (nSPS) is 21.0. The number of fused-ring (bicyclic) bond motifs is 1. The molecular weight excluding hydrogens is 374 g/mol. The quantitative estimate of drug-likeness (QED) is 0.797. The molecule has 0 saturated heterocycles. The molecule has 2 aromatic rings. The van der Waals surface area contributed by atoms with Gasteiger partial charge >= 0.3 is 6.03 Å². The minimum absolute atomic E-state index is 0.0757. The molecule has 0 aliphatic heterocycles. The van der Waals surface area contributed by atoms with Crippen LogP contribution in [0.25, 0.3) is 11.3 Å². The number of hydrogen-bond donors (Lipinski definition) is 1. The van der Waals surface area contributed by atoms with Crippen molar-refractivity contribution in [3.05, 3.63) is 47.2 Å². The van der Waals surface area contributed by atoms with Crippen molar-refractivity contribution in [2.24, 2.45) is 5.92 Å². The lowest BCUT2D eigenvalue weighted by molar-refractivity contribution is 0.0660. The summed E-state index contributed by atoms with van der Waals surface area (Å²) in [5.41, 5.74) is 0.953. The van der Waals surface area contributed by atoms with E-state index in [1.165, 1.54) is 18.2 Å². The van der Waals surface area contributed by atoms with Gasteiger partial charge in [0.1, 0.15) is 11.6 Å². The molecule has 7 heteroatoms. The molecule has 1 aromatic carbocycles. The minimum atomic E-state index is -0.669. The lowest BCUT2D eigenvalue weighted by Crippen LogP contribution is -2.56. The first-order valence-corrected chi connectivity index (χ1v) is 10.1. The Morgan fingerprint density at radius 2 is 1.97 bits per heavy atom. The van der Waals surface area contributed by atoms with Crippen molar-refractivity contribution >= 4 is 6.03 Å².